The molecule has 0 spiro atoms. The van der Waals surface area contributed by atoms with E-state index in [1.165, 1.54) is 6.07 Å². The molecule has 2 atom stereocenters. The van der Waals surface area contributed by atoms with Gasteiger partial charge in [0.2, 0.25) is 10.0 Å². The zero-order valence-corrected chi connectivity index (χ0v) is 12.9. The van der Waals surface area contributed by atoms with Crippen LogP contribution in [0.25, 0.3) is 0 Å². The van der Waals surface area contributed by atoms with Crippen molar-refractivity contribution in [1.29, 1.82) is 0 Å². The molecule has 0 saturated carbocycles. The lowest BCUT2D eigenvalue weighted by Crippen LogP contribution is -2.14. The molecular weight excluding hydrogens is 306 g/mol. The first kappa shape index (κ1) is 15.1. The Morgan fingerprint density at radius 3 is 2.79 bits per heavy atom. The SMILES string of the molecule is C[C@@H]1OCC[C@H]1SCc1cc(Cl)cc(S(N)(=O)=O)c1. The van der Waals surface area contributed by atoms with Gasteiger partial charge >= 0.3 is 0 Å². The average Bonchev–Trinajstić information content (AvgIpc) is 2.70. The lowest BCUT2D eigenvalue weighted by Gasteiger charge is -2.13. The molecule has 1 aliphatic rings. The fourth-order valence-corrected chi connectivity index (χ4v) is 4.12. The van der Waals surface area contributed by atoms with E-state index in [0.29, 0.717) is 16.0 Å². The third kappa shape index (κ3) is 4.10. The molecule has 1 aliphatic heterocycles. The van der Waals surface area contributed by atoms with Crippen molar-refractivity contribution in [2.75, 3.05) is 6.61 Å². The number of nitrogens with two attached hydrogens (primary N) is 1. The molecule has 7 heteroatoms. The number of primary sulfonamides is 1. The molecule has 0 aliphatic carbocycles. The first-order valence-corrected chi connectivity index (χ1v) is 8.89. The fourth-order valence-electron chi connectivity index (χ4n) is 2.00. The van der Waals surface area contributed by atoms with Crippen LogP contribution in [0.2, 0.25) is 5.02 Å². The largest absolute Gasteiger partial charge is 0.377 e. The van der Waals surface area contributed by atoms with E-state index in [2.05, 4.69) is 6.92 Å². The van der Waals surface area contributed by atoms with Crippen LogP contribution >= 0.6 is 23.4 Å². The van der Waals surface area contributed by atoms with Gasteiger partial charge in [0.1, 0.15) is 0 Å². The van der Waals surface area contributed by atoms with Crippen LogP contribution in [0.4, 0.5) is 0 Å². The molecule has 2 N–H and O–H groups in total. The van der Waals surface area contributed by atoms with Gasteiger partial charge in [-0.05, 0) is 37.1 Å². The molecule has 0 bridgehead atoms. The van der Waals surface area contributed by atoms with Gasteiger partial charge < -0.3 is 4.74 Å². The van der Waals surface area contributed by atoms with E-state index in [1.807, 2.05) is 0 Å². The second kappa shape index (κ2) is 6.01. The average molecular weight is 322 g/mol. The monoisotopic (exact) mass is 321 g/mol. The molecule has 2 rings (SSSR count). The van der Waals surface area contributed by atoms with Gasteiger partial charge in [-0.1, -0.05) is 11.6 Å². The van der Waals surface area contributed by atoms with Crippen molar-refractivity contribution in [2.45, 2.75) is 35.3 Å². The highest BCUT2D eigenvalue weighted by molar-refractivity contribution is 7.99. The highest BCUT2D eigenvalue weighted by Crippen LogP contribution is 2.30. The second-order valence-electron chi connectivity index (χ2n) is 4.55. The Hall–Kier alpha value is -0.270. The smallest absolute Gasteiger partial charge is 0.238 e. The topological polar surface area (TPSA) is 69.4 Å². The van der Waals surface area contributed by atoms with Gasteiger partial charge in [0.25, 0.3) is 0 Å². The van der Waals surface area contributed by atoms with Crippen LogP contribution in [0, 0.1) is 0 Å². The number of hydrogen-bond donors (Lipinski definition) is 1. The summed E-state index contributed by atoms with van der Waals surface area (Å²) < 4.78 is 28.2. The summed E-state index contributed by atoms with van der Waals surface area (Å²) in [5.74, 6) is 0.696. The molecule has 0 aromatic heterocycles. The minimum Gasteiger partial charge on any atom is -0.377 e. The summed E-state index contributed by atoms with van der Waals surface area (Å²) in [6.45, 7) is 2.84. The number of halogens is 1. The van der Waals surface area contributed by atoms with Gasteiger partial charge in [0.15, 0.2) is 0 Å². The lowest BCUT2D eigenvalue weighted by molar-refractivity contribution is 0.127. The summed E-state index contributed by atoms with van der Waals surface area (Å²) in [5, 5.41) is 5.95. The van der Waals surface area contributed by atoms with Crippen LogP contribution in [-0.2, 0) is 20.5 Å². The Balaban J connectivity index is 2.10. The first-order chi connectivity index (χ1) is 8.86. The van der Waals surface area contributed by atoms with Crippen LogP contribution in [-0.4, -0.2) is 26.4 Å². The molecule has 4 nitrogen and oxygen atoms in total. The Morgan fingerprint density at radius 1 is 1.47 bits per heavy atom. The van der Waals surface area contributed by atoms with Crippen molar-refractivity contribution in [3.63, 3.8) is 0 Å². The van der Waals surface area contributed by atoms with Crippen molar-refractivity contribution in [3.8, 4) is 0 Å². The highest BCUT2D eigenvalue weighted by Gasteiger charge is 2.24. The van der Waals surface area contributed by atoms with Gasteiger partial charge in [0, 0.05) is 22.6 Å². The van der Waals surface area contributed by atoms with Crippen LogP contribution in [0.1, 0.15) is 18.9 Å². The lowest BCUT2D eigenvalue weighted by atomic mass is 10.2. The number of thioether (sulfide) groups is 1. The van der Waals surface area contributed by atoms with E-state index < -0.39 is 10.0 Å². The van der Waals surface area contributed by atoms with Gasteiger partial charge in [-0.15, -0.1) is 0 Å². The molecule has 0 amide bonds. The van der Waals surface area contributed by atoms with E-state index in [-0.39, 0.29) is 11.0 Å². The van der Waals surface area contributed by atoms with E-state index in [4.69, 9.17) is 21.5 Å². The molecule has 1 aromatic rings. The van der Waals surface area contributed by atoms with Gasteiger partial charge in [-0.3, -0.25) is 0 Å². The first-order valence-electron chi connectivity index (χ1n) is 5.92. The highest BCUT2D eigenvalue weighted by atomic mass is 35.5. The third-order valence-electron chi connectivity index (χ3n) is 3.03. The number of hydrogen-bond acceptors (Lipinski definition) is 4. The summed E-state index contributed by atoms with van der Waals surface area (Å²) in [6.07, 6.45) is 1.26. The minimum atomic E-state index is -3.71. The minimum absolute atomic E-state index is 0.0614. The molecule has 0 radical (unpaired) electrons. The van der Waals surface area contributed by atoms with Crippen molar-refractivity contribution in [2.24, 2.45) is 5.14 Å². The van der Waals surface area contributed by atoms with Crippen molar-refractivity contribution in [3.05, 3.63) is 28.8 Å². The maximum absolute atomic E-state index is 11.3. The Kier molecular flexibility index (Phi) is 4.79. The molecule has 1 aromatic carbocycles. The summed E-state index contributed by atoms with van der Waals surface area (Å²) >= 11 is 7.68. The molecule has 19 heavy (non-hydrogen) atoms. The molecule has 106 valence electrons. The maximum atomic E-state index is 11.3. The summed E-state index contributed by atoms with van der Waals surface area (Å²) in [5.41, 5.74) is 0.862. The molecule has 1 fully saturated rings. The number of ether oxygens (including phenoxy) is 1. The van der Waals surface area contributed by atoms with E-state index in [1.54, 1.807) is 23.9 Å². The summed E-state index contributed by atoms with van der Waals surface area (Å²) in [4.78, 5) is 0.0614. The summed E-state index contributed by atoms with van der Waals surface area (Å²) in [7, 11) is -3.71. The fraction of sp³-hybridized carbons (Fsp3) is 0.500. The van der Waals surface area contributed by atoms with Crippen LogP contribution in [0.15, 0.2) is 23.1 Å². The number of sulfonamides is 1. The van der Waals surface area contributed by atoms with Crippen LogP contribution in [0.5, 0.6) is 0 Å². The summed E-state index contributed by atoms with van der Waals surface area (Å²) in [6, 6.07) is 4.71. The normalized spacial score (nSPS) is 23.7. The second-order valence-corrected chi connectivity index (χ2v) is 7.78. The van der Waals surface area contributed by atoms with Crippen LogP contribution < -0.4 is 5.14 Å². The van der Waals surface area contributed by atoms with Crippen LogP contribution in [0.3, 0.4) is 0 Å². The molecular formula is C12H16ClNO3S2. The predicted octanol–water partition coefficient (Wildman–Crippen LogP) is 2.40. The number of rotatable bonds is 4. The Labute approximate surface area is 122 Å². The molecule has 1 saturated heterocycles. The van der Waals surface area contributed by atoms with Crippen molar-refractivity contribution >= 4 is 33.4 Å². The predicted molar refractivity (Wildman–Crippen MR) is 77.9 cm³/mol. The Bertz CT molecular complexity index is 562. The Morgan fingerprint density at radius 2 is 2.21 bits per heavy atom. The zero-order valence-electron chi connectivity index (χ0n) is 10.5. The van der Waals surface area contributed by atoms with Crippen molar-refractivity contribution in [1.82, 2.24) is 0 Å². The van der Waals surface area contributed by atoms with Gasteiger partial charge in [0.05, 0.1) is 11.0 Å². The zero-order chi connectivity index (χ0) is 14.0. The van der Waals surface area contributed by atoms with E-state index in [9.17, 15) is 8.42 Å². The van der Waals surface area contributed by atoms with Gasteiger partial charge in [-0.2, -0.15) is 11.8 Å². The molecule has 1 heterocycles. The van der Waals surface area contributed by atoms with E-state index >= 15 is 0 Å². The van der Waals surface area contributed by atoms with Crippen molar-refractivity contribution < 1.29 is 13.2 Å². The molecule has 0 unspecified atom stereocenters. The third-order valence-corrected chi connectivity index (χ3v) is 5.69. The van der Waals surface area contributed by atoms with E-state index in [0.717, 1.165) is 18.6 Å². The number of benzene rings is 1. The van der Waals surface area contributed by atoms with Gasteiger partial charge in [-0.25, -0.2) is 13.6 Å². The quantitative estimate of drug-likeness (QED) is 0.924. The maximum Gasteiger partial charge on any atom is 0.238 e. The standard InChI is InChI=1S/C12H16ClNO3S2/c1-8-12(2-3-17-8)18-7-9-4-10(13)6-11(5-9)19(14,15)16/h4-6,8,12H,2-3,7H2,1H3,(H2,14,15,16)/t8-,12+/m0/s1.